The van der Waals surface area contributed by atoms with Crippen LogP contribution >= 0.6 is 0 Å². The number of hydrogen-bond donors (Lipinski definition) is 2. The number of nitrogens with one attached hydrogen (secondary N) is 1. The monoisotopic (exact) mass is 347 g/mol. The smallest absolute Gasteiger partial charge is 0.229 e. The summed E-state index contributed by atoms with van der Waals surface area (Å²) in [5, 5.41) is 6.38. The highest BCUT2D eigenvalue weighted by Crippen LogP contribution is 2.34. The van der Waals surface area contributed by atoms with E-state index in [1.807, 2.05) is 7.05 Å². The van der Waals surface area contributed by atoms with E-state index in [0.717, 1.165) is 37.0 Å². The first-order valence-corrected chi connectivity index (χ1v) is 8.97. The van der Waals surface area contributed by atoms with Gasteiger partial charge in [-0.3, -0.25) is 4.68 Å². The van der Waals surface area contributed by atoms with Gasteiger partial charge >= 0.3 is 0 Å². The van der Waals surface area contributed by atoms with E-state index in [2.05, 4.69) is 55.4 Å². The third-order valence-electron chi connectivity index (χ3n) is 5.45. The first kappa shape index (κ1) is 15.2. The summed E-state index contributed by atoms with van der Waals surface area (Å²) in [4.78, 5) is 14.8. The molecular weight excluding hydrogens is 326 g/mol. The number of H-pyrrole nitrogens is 1. The zero-order valence-electron chi connectivity index (χ0n) is 14.7. The number of benzene rings is 1. The quantitative estimate of drug-likeness (QED) is 0.582. The lowest BCUT2D eigenvalue weighted by Gasteiger charge is -2.32. The fourth-order valence-corrected chi connectivity index (χ4v) is 4.00. The molecule has 0 amide bonds. The molecule has 1 aliphatic heterocycles. The molecule has 0 aliphatic carbocycles. The average molecular weight is 347 g/mol. The van der Waals surface area contributed by atoms with Gasteiger partial charge in [-0.15, -0.1) is 0 Å². The summed E-state index contributed by atoms with van der Waals surface area (Å²) in [6.45, 7) is 1.85. The number of aryl methyl sites for hydroxylation is 1. The molecule has 3 aromatic heterocycles. The number of nitrogens with two attached hydrogens (primary N) is 1. The molecule has 4 heterocycles. The predicted octanol–water partition coefficient (Wildman–Crippen LogP) is 2.81. The summed E-state index contributed by atoms with van der Waals surface area (Å²) >= 11 is 0. The summed E-state index contributed by atoms with van der Waals surface area (Å²) in [5.74, 6) is 1.76. The minimum atomic E-state index is 0.497. The first-order valence-electron chi connectivity index (χ1n) is 8.97. The van der Waals surface area contributed by atoms with Gasteiger partial charge in [0, 0.05) is 37.2 Å². The van der Waals surface area contributed by atoms with Crippen molar-refractivity contribution < 1.29 is 0 Å². The van der Waals surface area contributed by atoms with Crippen molar-refractivity contribution in [2.45, 2.75) is 18.8 Å². The second-order valence-electron chi connectivity index (χ2n) is 6.97. The van der Waals surface area contributed by atoms with E-state index in [9.17, 15) is 0 Å². The standard InChI is InChI=1S/C19H21N7/c1-25-18-15(11-22-25)17(20)23-19(24-18)26-8-6-12(7-9-26)14-10-21-16-5-3-2-4-13(14)16/h2-5,10-12,21H,6-9H2,1H3,(H2,20,23,24). The van der Waals surface area contributed by atoms with Crippen molar-refractivity contribution in [2.75, 3.05) is 23.7 Å². The Morgan fingerprint density at radius 1 is 1.12 bits per heavy atom. The van der Waals surface area contributed by atoms with Crippen LogP contribution in [-0.2, 0) is 7.05 Å². The average Bonchev–Trinajstić information content (AvgIpc) is 3.26. The maximum atomic E-state index is 6.11. The highest BCUT2D eigenvalue weighted by molar-refractivity contribution is 5.86. The molecule has 0 spiro atoms. The largest absolute Gasteiger partial charge is 0.383 e. The molecule has 0 atom stereocenters. The van der Waals surface area contributed by atoms with Crippen LogP contribution in [0.5, 0.6) is 0 Å². The molecule has 0 radical (unpaired) electrons. The Bertz CT molecular complexity index is 1090. The van der Waals surface area contributed by atoms with Gasteiger partial charge in [0.25, 0.3) is 0 Å². The predicted molar refractivity (Wildman–Crippen MR) is 103 cm³/mol. The van der Waals surface area contributed by atoms with Crippen molar-refractivity contribution in [1.82, 2.24) is 24.7 Å². The normalized spacial score (nSPS) is 16.0. The van der Waals surface area contributed by atoms with Crippen LogP contribution in [0, 0.1) is 0 Å². The van der Waals surface area contributed by atoms with Gasteiger partial charge in [-0.1, -0.05) is 18.2 Å². The molecule has 7 heteroatoms. The number of aromatic nitrogens is 5. The molecule has 1 aromatic carbocycles. The van der Waals surface area contributed by atoms with Crippen LogP contribution in [0.25, 0.3) is 21.9 Å². The van der Waals surface area contributed by atoms with Gasteiger partial charge in [0.2, 0.25) is 5.95 Å². The van der Waals surface area contributed by atoms with Gasteiger partial charge in [0.05, 0.1) is 11.6 Å². The van der Waals surface area contributed by atoms with E-state index in [-0.39, 0.29) is 0 Å². The van der Waals surface area contributed by atoms with Crippen molar-refractivity contribution in [1.29, 1.82) is 0 Å². The molecule has 1 saturated heterocycles. The van der Waals surface area contributed by atoms with Crippen LogP contribution in [0.2, 0.25) is 0 Å². The van der Waals surface area contributed by atoms with Gasteiger partial charge in [0.1, 0.15) is 5.82 Å². The van der Waals surface area contributed by atoms with E-state index in [1.165, 1.54) is 16.5 Å². The molecule has 7 nitrogen and oxygen atoms in total. The lowest BCUT2D eigenvalue weighted by atomic mass is 9.89. The molecular formula is C19H21N7. The molecule has 3 N–H and O–H groups in total. The fourth-order valence-electron chi connectivity index (χ4n) is 4.00. The SMILES string of the molecule is Cn1ncc2c(N)nc(N3CCC(c4c[nH]c5ccccc45)CC3)nc21. The Balaban J connectivity index is 1.39. The number of fused-ring (bicyclic) bond motifs is 2. The Morgan fingerprint density at radius 3 is 2.77 bits per heavy atom. The highest BCUT2D eigenvalue weighted by Gasteiger charge is 2.25. The van der Waals surface area contributed by atoms with Gasteiger partial charge in [-0.05, 0) is 30.4 Å². The van der Waals surface area contributed by atoms with E-state index in [4.69, 9.17) is 5.73 Å². The number of piperidine rings is 1. The molecule has 26 heavy (non-hydrogen) atoms. The zero-order chi connectivity index (χ0) is 17.7. The lowest BCUT2D eigenvalue weighted by molar-refractivity contribution is 0.502. The second-order valence-corrected chi connectivity index (χ2v) is 6.97. The van der Waals surface area contributed by atoms with Crippen LogP contribution in [0.1, 0.15) is 24.3 Å². The Morgan fingerprint density at radius 2 is 1.92 bits per heavy atom. The molecule has 0 bridgehead atoms. The molecule has 1 aliphatic rings. The number of nitrogen functional groups attached to an aromatic ring is 1. The lowest BCUT2D eigenvalue weighted by Crippen LogP contribution is -2.34. The van der Waals surface area contributed by atoms with Crippen LogP contribution in [-0.4, -0.2) is 37.8 Å². The van der Waals surface area contributed by atoms with Crippen molar-refractivity contribution in [2.24, 2.45) is 7.05 Å². The zero-order valence-corrected chi connectivity index (χ0v) is 14.7. The Kier molecular flexibility index (Phi) is 3.34. The first-order chi connectivity index (χ1) is 12.7. The number of anilines is 2. The second kappa shape index (κ2) is 5.72. The van der Waals surface area contributed by atoms with Crippen LogP contribution in [0.3, 0.4) is 0 Å². The molecule has 0 unspecified atom stereocenters. The summed E-state index contributed by atoms with van der Waals surface area (Å²) in [7, 11) is 1.88. The molecule has 1 fully saturated rings. The minimum absolute atomic E-state index is 0.497. The Hall–Kier alpha value is -3.09. The van der Waals surface area contributed by atoms with Crippen molar-refractivity contribution >= 4 is 33.7 Å². The van der Waals surface area contributed by atoms with E-state index >= 15 is 0 Å². The fraction of sp³-hybridized carbons (Fsp3) is 0.316. The number of rotatable bonds is 2. The summed E-state index contributed by atoms with van der Waals surface area (Å²) in [6, 6.07) is 8.51. The van der Waals surface area contributed by atoms with Crippen molar-refractivity contribution in [3.8, 4) is 0 Å². The minimum Gasteiger partial charge on any atom is -0.383 e. The topological polar surface area (TPSA) is 88.7 Å². The van der Waals surface area contributed by atoms with E-state index in [0.29, 0.717) is 17.7 Å². The van der Waals surface area contributed by atoms with Gasteiger partial charge < -0.3 is 15.6 Å². The number of para-hydroxylation sites is 1. The summed E-state index contributed by atoms with van der Waals surface area (Å²) < 4.78 is 1.75. The highest BCUT2D eigenvalue weighted by atomic mass is 15.3. The van der Waals surface area contributed by atoms with Gasteiger partial charge in [-0.25, -0.2) is 0 Å². The Labute approximate surface area is 150 Å². The molecule has 0 saturated carbocycles. The third kappa shape index (κ3) is 2.31. The van der Waals surface area contributed by atoms with E-state index in [1.54, 1.807) is 10.9 Å². The van der Waals surface area contributed by atoms with Gasteiger partial charge in [-0.2, -0.15) is 15.1 Å². The summed E-state index contributed by atoms with van der Waals surface area (Å²) in [5.41, 5.74) is 9.52. The van der Waals surface area contributed by atoms with Crippen LogP contribution < -0.4 is 10.6 Å². The van der Waals surface area contributed by atoms with Crippen molar-refractivity contribution in [3.05, 3.63) is 42.2 Å². The van der Waals surface area contributed by atoms with Crippen molar-refractivity contribution in [3.63, 3.8) is 0 Å². The third-order valence-corrected chi connectivity index (χ3v) is 5.45. The molecule has 132 valence electrons. The van der Waals surface area contributed by atoms with Gasteiger partial charge in [0.15, 0.2) is 5.65 Å². The summed E-state index contributed by atoms with van der Waals surface area (Å²) in [6.07, 6.45) is 6.04. The maximum absolute atomic E-state index is 6.11. The number of aromatic amines is 1. The molecule has 4 aromatic rings. The number of hydrogen-bond acceptors (Lipinski definition) is 5. The maximum Gasteiger partial charge on any atom is 0.229 e. The number of nitrogens with zero attached hydrogens (tertiary/aromatic N) is 5. The van der Waals surface area contributed by atoms with E-state index < -0.39 is 0 Å². The van der Waals surface area contributed by atoms with Crippen LogP contribution in [0.4, 0.5) is 11.8 Å². The molecule has 5 rings (SSSR count). The van der Waals surface area contributed by atoms with Crippen LogP contribution in [0.15, 0.2) is 36.7 Å².